The fourth-order valence-electron chi connectivity index (χ4n) is 4.22. The van der Waals surface area contributed by atoms with Gasteiger partial charge >= 0.3 is 0 Å². The highest BCUT2D eigenvalue weighted by atomic mass is 32.1. The Bertz CT molecular complexity index is 1460. The molecule has 0 atom stereocenters. The van der Waals surface area contributed by atoms with Gasteiger partial charge in [0.2, 0.25) is 11.8 Å². The largest absolute Gasteiger partial charge is 0.340 e. The Morgan fingerprint density at radius 1 is 1.03 bits per heavy atom. The molecular weight excluding hydrogens is 498 g/mol. The lowest BCUT2D eigenvalue weighted by molar-refractivity contribution is -0.131. The SMILES string of the molecule is CC(=O)Nc1nc2c(s1)CCN(C(=O)Cn1nc(-c3ccc(F)c(C)c3)nc1-c1ccc(F)cc1)CC2. The van der Waals surface area contributed by atoms with Crippen LogP contribution in [0.2, 0.25) is 0 Å². The van der Waals surface area contributed by atoms with Crippen LogP contribution in [0, 0.1) is 18.6 Å². The number of rotatable bonds is 5. The summed E-state index contributed by atoms with van der Waals surface area (Å²) in [7, 11) is 0. The molecule has 0 aliphatic carbocycles. The van der Waals surface area contributed by atoms with E-state index in [9.17, 15) is 18.4 Å². The predicted molar refractivity (Wildman–Crippen MR) is 136 cm³/mol. The zero-order valence-corrected chi connectivity index (χ0v) is 21.1. The number of carbonyl (C=O) groups excluding carboxylic acids is 2. The average Bonchev–Trinajstić information content (AvgIpc) is 3.39. The van der Waals surface area contributed by atoms with Gasteiger partial charge in [-0.05, 0) is 55.0 Å². The Balaban J connectivity index is 1.38. The van der Waals surface area contributed by atoms with Gasteiger partial charge in [-0.25, -0.2) is 23.4 Å². The average molecular weight is 523 g/mol. The fraction of sp³-hybridized carbons (Fsp3) is 0.269. The molecule has 37 heavy (non-hydrogen) atoms. The molecule has 0 unspecified atom stereocenters. The van der Waals surface area contributed by atoms with Crippen LogP contribution < -0.4 is 5.32 Å². The third-order valence-corrected chi connectivity index (χ3v) is 7.19. The lowest BCUT2D eigenvalue weighted by Gasteiger charge is -2.20. The Morgan fingerprint density at radius 2 is 1.76 bits per heavy atom. The summed E-state index contributed by atoms with van der Waals surface area (Å²) in [5.41, 5.74) is 2.58. The molecule has 0 saturated carbocycles. The van der Waals surface area contributed by atoms with Crippen molar-refractivity contribution in [2.45, 2.75) is 33.2 Å². The summed E-state index contributed by atoms with van der Waals surface area (Å²) in [5.74, 6) is -0.241. The van der Waals surface area contributed by atoms with Crippen molar-refractivity contribution in [2.24, 2.45) is 0 Å². The number of thiazole rings is 1. The van der Waals surface area contributed by atoms with Gasteiger partial charge in [0.25, 0.3) is 0 Å². The Morgan fingerprint density at radius 3 is 2.49 bits per heavy atom. The lowest BCUT2D eigenvalue weighted by Crippen LogP contribution is -2.36. The van der Waals surface area contributed by atoms with Crippen molar-refractivity contribution < 1.29 is 18.4 Å². The summed E-state index contributed by atoms with van der Waals surface area (Å²) < 4.78 is 28.9. The van der Waals surface area contributed by atoms with Crippen LogP contribution in [0.25, 0.3) is 22.8 Å². The van der Waals surface area contributed by atoms with E-state index < -0.39 is 0 Å². The monoisotopic (exact) mass is 522 g/mol. The molecular formula is C26H24F2N6O2S. The second-order valence-electron chi connectivity index (χ2n) is 8.84. The van der Waals surface area contributed by atoms with Gasteiger partial charge in [0, 0.05) is 48.9 Å². The van der Waals surface area contributed by atoms with Crippen molar-refractivity contribution >= 4 is 28.3 Å². The van der Waals surface area contributed by atoms with E-state index in [4.69, 9.17) is 0 Å². The second kappa shape index (κ2) is 10.2. The van der Waals surface area contributed by atoms with E-state index in [1.165, 1.54) is 41.1 Å². The number of benzene rings is 2. The summed E-state index contributed by atoms with van der Waals surface area (Å²) in [6, 6.07) is 10.4. The molecule has 0 fully saturated rings. The topological polar surface area (TPSA) is 93.0 Å². The Labute approximate surface area is 216 Å². The normalized spacial score (nSPS) is 13.2. The molecule has 5 rings (SSSR count). The van der Waals surface area contributed by atoms with Gasteiger partial charge in [-0.15, -0.1) is 16.4 Å². The van der Waals surface area contributed by atoms with Crippen molar-refractivity contribution in [1.29, 1.82) is 0 Å². The number of amides is 2. The molecule has 1 aliphatic rings. The molecule has 190 valence electrons. The fourth-order valence-corrected chi connectivity index (χ4v) is 5.26. The summed E-state index contributed by atoms with van der Waals surface area (Å²) in [6.07, 6.45) is 1.22. The number of aryl methyl sites for hydroxylation is 1. The molecule has 2 aromatic heterocycles. The van der Waals surface area contributed by atoms with Crippen LogP contribution in [-0.2, 0) is 29.0 Å². The summed E-state index contributed by atoms with van der Waals surface area (Å²) in [4.78, 5) is 36.6. The van der Waals surface area contributed by atoms with E-state index >= 15 is 0 Å². The van der Waals surface area contributed by atoms with Crippen molar-refractivity contribution in [3.8, 4) is 22.8 Å². The molecule has 8 nitrogen and oxygen atoms in total. The molecule has 2 aromatic carbocycles. The zero-order chi connectivity index (χ0) is 26.1. The first-order valence-corrected chi connectivity index (χ1v) is 12.6. The number of anilines is 1. The van der Waals surface area contributed by atoms with Crippen LogP contribution in [0.15, 0.2) is 42.5 Å². The number of nitrogens with one attached hydrogen (secondary N) is 1. The van der Waals surface area contributed by atoms with E-state index in [1.54, 1.807) is 36.1 Å². The van der Waals surface area contributed by atoms with E-state index in [-0.39, 0.29) is 30.0 Å². The molecule has 3 heterocycles. The summed E-state index contributed by atoms with van der Waals surface area (Å²) >= 11 is 1.43. The number of aromatic nitrogens is 4. The van der Waals surface area contributed by atoms with Crippen LogP contribution in [0.1, 0.15) is 23.1 Å². The summed E-state index contributed by atoms with van der Waals surface area (Å²) in [5, 5.41) is 7.87. The maximum atomic E-state index is 13.8. The number of fused-ring (bicyclic) bond motifs is 1. The smallest absolute Gasteiger partial charge is 0.244 e. The highest BCUT2D eigenvalue weighted by molar-refractivity contribution is 7.15. The predicted octanol–water partition coefficient (Wildman–Crippen LogP) is 4.24. The molecule has 1 aliphatic heterocycles. The molecule has 11 heteroatoms. The first-order valence-electron chi connectivity index (χ1n) is 11.8. The first-order chi connectivity index (χ1) is 17.8. The quantitative estimate of drug-likeness (QED) is 0.423. The number of nitrogens with zero attached hydrogens (tertiary/aromatic N) is 5. The van der Waals surface area contributed by atoms with Gasteiger partial charge in [-0.1, -0.05) is 0 Å². The molecule has 1 N–H and O–H groups in total. The Kier molecular flexibility index (Phi) is 6.79. The molecule has 2 amide bonds. The first kappa shape index (κ1) is 24.7. The van der Waals surface area contributed by atoms with Crippen molar-refractivity contribution in [2.75, 3.05) is 18.4 Å². The zero-order valence-electron chi connectivity index (χ0n) is 20.3. The van der Waals surface area contributed by atoms with Crippen LogP contribution in [0.4, 0.5) is 13.9 Å². The summed E-state index contributed by atoms with van der Waals surface area (Å²) in [6.45, 7) is 4.04. The van der Waals surface area contributed by atoms with Crippen LogP contribution in [-0.4, -0.2) is 49.6 Å². The maximum absolute atomic E-state index is 13.8. The van der Waals surface area contributed by atoms with Gasteiger partial charge in [0.15, 0.2) is 16.8 Å². The Hall–Kier alpha value is -3.99. The molecule has 0 saturated heterocycles. The lowest BCUT2D eigenvalue weighted by atomic mass is 10.1. The number of hydrogen-bond acceptors (Lipinski definition) is 6. The van der Waals surface area contributed by atoms with Gasteiger partial charge in [-0.2, -0.15) is 0 Å². The van der Waals surface area contributed by atoms with Gasteiger partial charge < -0.3 is 10.2 Å². The minimum atomic E-state index is -0.382. The highest BCUT2D eigenvalue weighted by Gasteiger charge is 2.24. The highest BCUT2D eigenvalue weighted by Crippen LogP contribution is 2.27. The van der Waals surface area contributed by atoms with Gasteiger partial charge in [0.05, 0.1) is 5.69 Å². The number of carbonyl (C=O) groups is 2. The van der Waals surface area contributed by atoms with Crippen molar-refractivity contribution in [3.63, 3.8) is 0 Å². The standard InChI is InChI=1S/C26H24F2N6O2S/c1-15-13-18(5-8-20(15)28)24-31-25(17-3-6-19(27)7-4-17)34(32-24)14-23(36)33-11-9-21-22(10-12-33)37-26(30-21)29-16(2)35/h3-8,13H,9-12,14H2,1-2H3,(H,29,30,35). The van der Waals surface area contributed by atoms with Crippen molar-refractivity contribution in [1.82, 2.24) is 24.6 Å². The van der Waals surface area contributed by atoms with E-state index in [2.05, 4.69) is 20.4 Å². The number of halogens is 2. The third-order valence-electron chi connectivity index (χ3n) is 6.12. The number of hydrogen-bond donors (Lipinski definition) is 1. The minimum Gasteiger partial charge on any atom is -0.340 e. The van der Waals surface area contributed by atoms with E-state index in [1.807, 2.05) is 0 Å². The van der Waals surface area contributed by atoms with E-state index in [0.29, 0.717) is 59.4 Å². The third kappa shape index (κ3) is 5.41. The molecule has 0 bridgehead atoms. The van der Waals surface area contributed by atoms with Crippen LogP contribution in [0.3, 0.4) is 0 Å². The van der Waals surface area contributed by atoms with Crippen LogP contribution in [0.5, 0.6) is 0 Å². The minimum absolute atomic E-state index is 0.0574. The molecule has 0 spiro atoms. The van der Waals surface area contributed by atoms with Crippen molar-refractivity contribution in [3.05, 3.63) is 70.2 Å². The maximum Gasteiger partial charge on any atom is 0.244 e. The second-order valence-corrected chi connectivity index (χ2v) is 9.92. The van der Waals surface area contributed by atoms with Gasteiger partial charge in [0.1, 0.15) is 18.2 Å². The van der Waals surface area contributed by atoms with Crippen LogP contribution >= 0.6 is 11.3 Å². The molecule has 0 radical (unpaired) electrons. The van der Waals surface area contributed by atoms with E-state index in [0.717, 1.165) is 10.6 Å². The molecule has 4 aromatic rings. The van der Waals surface area contributed by atoms with Gasteiger partial charge in [-0.3, -0.25) is 9.59 Å².